The van der Waals surface area contributed by atoms with Gasteiger partial charge in [-0.25, -0.2) is 0 Å². The molecule has 0 aliphatic heterocycles. The molecule has 28 heavy (non-hydrogen) atoms. The number of aromatic nitrogens is 1. The van der Waals surface area contributed by atoms with Gasteiger partial charge in [0.05, 0.1) is 17.0 Å². The van der Waals surface area contributed by atoms with E-state index < -0.39 is 5.25 Å². The Labute approximate surface area is 167 Å². The molecule has 2 aromatic rings. The third-order valence-corrected chi connectivity index (χ3v) is 4.94. The molecule has 0 spiro atoms. The van der Waals surface area contributed by atoms with Gasteiger partial charge in [0.1, 0.15) is 5.76 Å². The van der Waals surface area contributed by atoms with Gasteiger partial charge in [0.2, 0.25) is 17.7 Å². The summed E-state index contributed by atoms with van der Waals surface area (Å²) in [6.45, 7) is 6.76. The molecular formula is C19H24N4O4S. The van der Waals surface area contributed by atoms with Gasteiger partial charge in [-0.3, -0.25) is 14.4 Å². The number of nitrogens with zero attached hydrogens (tertiary/aromatic N) is 1. The summed E-state index contributed by atoms with van der Waals surface area (Å²) in [6.07, 6.45) is 0. The van der Waals surface area contributed by atoms with Crippen molar-refractivity contribution in [1.29, 1.82) is 0 Å². The van der Waals surface area contributed by atoms with E-state index in [2.05, 4.69) is 21.1 Å². The van der Waals surface area contributed by atoms with Crippen molar-refractivity contribution in [3.8, 4) is 0 Å². The molecule has 2 atom stereocenters. The van der Waals surface area contributed by atoms with Gasteiger partial charge in [-0.2, -0.15) is 0 Å². The second-order valence-electron chi connectivity index (χ2n) is 6.36. The molecule has 3 amide bonds. The first-order valence-corrected chi connectivity index (χ1v) is 9.82. The highest BCUT2D eigenvalue weighted by atomic mass is 32.2. The lowest BCUT2D eigenvalue weighted by Gasteiger charge is -2.16. The van der Waals surface area contributed by atoms with Crippen LogP contribution in [-0.4, -0.2) is 33.9 Å². The smallest absolute Gasteiger partial charge is 0.238 e. The summed E-state index contributed by atoms with van der Waals surface area (Å²) in [5.74, 6) is 0.515. The molecule has 1 aromatic carbocycles. The fourth-order valence-electron chi connectivity index (χ4n) is 2.39. The molecule has 3 N–H and O–H groups in total. The van der Waals surface area contributed by atoms with Gasteiger partial charge in [0, 0.05) is 18.7 Å². The fourth-order valence-corrected chi connectivity index (χ4v) is 3.08. The zero-order valence-electron chi connectivity index (χ0n) is 16.2. The van der Waals surface area contributed by atoms with E-state index in [4.69, 9.17) is 4.52 Å². The van der Waals surface area contributed by atoms with Gasteiger partial charge in [-0.15, -0.1) is 11.8 Å². The molecule has 8 nitrogen and oxygen atoms in total. The van der Waals surface area contributed by atoms with Crippen LogP contribution in [0.2, 0.25) is 0 Å². The lowest BCUT2D eigenvalue weighted by atomic mass is 10.1. The average Bonchev–Trinajstić information content (AvgIpc) is 3.04. The van der Waals surface area contributed by atoms with Crippen molar-refractivity contribution in [2.24, 2.45) is 0 Å². The Bertz CT molecular complexity index is 852. The molecule has 2 unspecified atom stereocenters. The second-order valence-corrected chi connectivity index (χ2v) is 7.69. The number of hydrogen-bond donors (Lipinski definition) is 3. The number of hydrogen-bond acceptors (Lipinski definition) is 6. The number of anilines is 2. The van der Waals surface area contributed by atoms with E-state index in [0.717, 1.165) is 5.56 Å². The van der Waals surface area contributed by atoms with E-state index in [-0.39, 0.29) is 29.5 Å². The van der Waals surface area contributed by atoms with Crippen LogP contribution >= 0.6 is 11.8 Å². The highest BCUT2D eigenvalue weighted by Gasteiger charge is 2.18. The maximum atomic E-state index is 12.2. The SMILES string of the molecule is CC(=O)Nc1cccc(C(C)NC(=O)CSC(C)C(=O)Nc2cc(C)on2)c1. The quantitative estimate of drug-likeness (QED) is 0.623. The van der Waals surface area contributed by atoms with E-state index in [1.807, 2.05) is 25.1 Å². The Balaban J connectivity index is 1.81. The number of carbonyl (C=O) groups is 3. The van der Waals surface area contributed by atoms with Crippen LogP contribution in [0.3, 0.4) is 0 Å². The highest BCUT2D eigenvalue weighted by molar-refractivity contribution is 8.01. The van der Waals surface area contributed by atoms with Gasteiger partial charge in [0.15, 0.2) is 5.82 Å². The Morgan fingerprint density at radius 3 is 2.57 bits per heavy atom. The first-order chi connectivity index (χ1) is 13.2. The summed E-state index contributed by atoms with van der Waals surface area (Å²) in [6, 6.07) is 8.68. The predicted octanol–water partition coefficient (Wildman–Crippen LogP) is 2.88. The van der Waals surface area contributed by atoms with Crippen molar-refractivity contribution < 1.29 is 18.9 Å². The molecule has 1 heterocycles. The Hall–Kier alpha value is -2.81. The van der Waals surface area contributed by atoms with Crippen molar-refractivity contribution in [2.75, 3.05) is 16.4 Å². The number of rotatable bonds is 8. The van der Waals surface area contributed by atoms with Crippen LogP contribution in [-0.2, 0) is 14.4 Å². The van der Waals surface area contributed by atoms with Crippen LogP contribution in [0.1, 0.15) is 38.1 Å². The Kier molecular flexibility index (Phi) is 7.62. The third kappa shape index (κ3) is 6.73. The first-order valence-electron chi connectivity index (χ1n) is 8.77. The van der Waals surface area contributed by atoms with Crippen LogP contribution in [0.25, 0.3) is 0 Å². The molecule has 0 fully saturated rings. The lowest BCUT2D eigenvalue weighted by molar-refractivity contribution is -0.119. The number of aryl methyl sites for hydroxylation is 1. The molecule has 0 aliphatic rings. The molecule has 1 aromatic heterocycles. The molecule has 0 bridgehead atoms. The average molecular weight is 404 g/mol. The van der Waals surface area contributed by atoms with Crippen LogP contribution in [0.5, 0.6) is 0 Å². The maximum Gasteiger partial charge on any atom is 0.238 e. The fraction of sp³-hybridized carbons (Fsp3) is 0.368. The number of thioether (sulfide) groups is 1. The molecular weight excluding hydrogens is 380 g/mol. The monoisotopic (exact) mass is 404 g/mol. The van der Waals surface area contributed by atoms with E-state index in [1.165, 1.54) is 18.7 Å². The van der Waals surface area contributed by atoms with Crippen LogP contribution in [0.15, 0.2) is 34.9 Å². The summed E-state index contributed by atoms with van der Waals surface area (Å²) in [5.41, 5.74) is 1.55. The third-order valence-electron chi connectivity index (χ3n) is 3.80. The normalized spacial score (nSPS) is 12.7. The van der Waals surface area contributed by atoms with Crippen molar-refractivity contribution in [2.45, 2.75) is 39.0 Å². The van der Waals surface area contributed by atoms with E-state index in [1.54, 1.807) is 26.0 Å². The molecule has 2 rings (SSSR count). The van der Waals surface area contributed by atoms with Gasteiger partial charge in [0.25, 0.3) is 0 Å². The van der Waals surface area contributed by atoms with Gasteiger partial charge in [-0.05, 0) is 38.5 Å². The van der Waals surface area contributed by atoms with Crippen molar-refractivity contribution in [1.82, 2.24) is 10.5 Å². The summed E-state index contributed by atoms with van der Waals surface area (Å²) >= 11 is 1.23. The summed E-state index contributed by atoms with van der Waals surface area (Å²) in [5, 5.41) is 11.5. The highest BCUT2D eigenvalue weighted by Crippen LogP contribution is 2.19. The zero-order valence-corrected chi connectivity index (χ0v) is 17.1. The van der Waals surface area contributed by atoms with Crippen LogP contribution in [0, 0.1) is 6.92 Å². The second kappa shape index (κ2) is 9.93. The topological polar surface area (TPSA) is 113 Å². The summed E-state index contributed by atoms with van der Waals surface area (Å²) in [4.78, 5) is 35.5. The number of amides is 3. The minimum atomic E-state index is -0.429. The molecule has 9 heteroatoms. The van der Waals surface area contributed by atoms with Crippen LogP contribution < -0.4 is 16.0 Å². The number of carbonyl (C=O) groups excluding carboxylic acids is 3. The standard InChI is InChI=1S/C19H24N4O4S/c1-11-8-17(23-27-11)22-19(26)13(3)28-10-18(25)20-12(2)15-6-5-7-16(9-15)21-14(4)24/h5-9,12-13H,10H2,1-4H3,(H,20,25)(H,21,24)(H,22,23,26). The van der Waals surface area contributed by atoms with Gasteiger partial charge in [-0.1, -0.05) is 17.3 Å². The first kappa shape index (κ1) is 21.5. The van der Waals surface area contributed by atoms with Crippen molar-refractivity contribution in [3.05, 3.63) is 41.7 Å². The largest absolute Gasteiger partial charge is 0.360 e. The molecule has 0 radical (unpaired) electrons. The Morgan fingerprint density at radius 1 is 1.18 bits per heavy atom. The van der Waals surface area contributed by atoms with E-state index >= 15 is 0 Å². The molecule has 0 saturated heterocycles. The Morgan fingerprint density at radius 2 is 1.93 bits per heavy atom. The number of nitrogens with one attached hydrogen (secondary N) is 3. The van der Waals surface area contributed by atoms with Crippen LogP contribution in [0.4, 0.5) is 11.5 Å². The molecule has 150 valence electrons. The van der Waals surface area contributed by atoms with Crippen molar-refractivity contribution >= 4 is 41.0 Å². The predicted molar refractivity (Wildman–Crippen MR) is 109 cm³/mol. The van der Waals surface area contributed by atoms with Gasteiger partial charge < -0.3 is 20.5 Å². The minimum absolute atomic E-state index is 0.141. The van der Waals surface area contributed by atoms with E-state index in [9.17, 15) is 14.4 Å². The van der Waals surface area contributed by atoms with E-state index in [0.29, 0.717) is 17.3 Å². The number of benzene rings is 1. The van der Waals surface area contributed by atoms with Gasteiger partial charge >= 0.3 is 0 Å². The summed E-state index contributed by atoms with van der Waals surface area (Å²) in [7, 11) is 0. The maximum absolute atomic E-state index is 12.2. The lowest BCUT2D eigenvalue weighted by Crippen LogP contribution is -2.30. The minimum Gasteiger partial charge on any atom is -0.360 e. The molecule has 0 saturated carbocycles. The zero-order chi connectivity index (χ0) is 20.7. The molecule has 0 aliphatic carbocycles. The summed E-state index contributed by atoms with van der Waals surface area (Å²) < 4.78 is 4.90. The van der Waals surface area contributed by atoms with Crippen molar-refractivity contribution in [3.63, 3.8) is 0 Å².